The van der Waals surface area contributed by atoms with Gasteiger partial charge in [0.2, 0.25) is 0 Å². The van der Waals surface area contributed by atoms with Crippen LogP contribution < -0.4 is 14.2 Å². The number of unbranched alkanes of at least 4 members (excludes halogenated alkanes) is 2. The molecular formula is C35H41N3O7S. The van der Waals surface area contributed by atoms with Crippen LogP contribution in [0.1, 0.15) is 69.7 Å². The third kappa shape index (κ3) is 5.32. The van der Waals surface area contributed by atoms with Crippen LogP contribution in [-0.2, 0) is 38.2 Å². The van der Waals surface area contributed by atoms with Gasteiger partial charge in [0.05, 0.1) is 48.1 Å². The number of ether oxygens (including phenoxy) is 2. The summed E-state index contributed by atoms with van der Waals surface area (Å²) in [5.74, 6) is 0.517. The first-order chi connectivity index (χ1) is 22.1. The predicted molar refractivity (Wildman–Crippen MR) is 173 cm³/mol. The highest BCUT2D eigenvalue weighted by molar-refractivity contribution is 7.85. The number of aryl methyl sites for hydroxylation is 2. The van der Waals surface area contributed by atoms with Crippen molar-refractivity contribution in [3.05, 3.63) is 71.2 Å². The maximum atomic E-state index is 11.5. The highest BCUT2D eigenvalue weighted by Crippen LogP contribution is 2.55. The zero-order valence-electron chi connectivity index (χ0n) is 26.4. The number of hydrogen-bond donors (Lipinski definition) is 1. The van der Waals surface area contributed by atoms with E-state index in [4.69, 9.17) is 14.6 Å². The Balaban J connectivity index is 1.36. The normalized spacial score (nSPS) is 23.4. The molecule has 0 saturated heterocycles. The summed E-state index contributed by atoms with van der Waals surface area (Å²) >= 11 is 0. The Hall–Kier alpha value is -3.67. The lowest BCUT2D eigenvalue weighted by Crippen LogP contribution is -2.49. The van der Waals surface area contributed by atoms with E-state index in [9.17, 15) is 17.8 Å². The molecule has 3 unspecified atom stereocenters. The van der Waals surface area contributed by atoms with Gasteiger partial charge in [-0.15, -0.1) is 0 Å². The van der Waals surface area contributed by atoms with Crippen LogP contribution in [0.5, 0.6) is 5.75 Å². The lowest BCUT2D eigenvalue weighted by molar-refractivity contribution is -0.679. The van der Waals surface area contributed by atoms with Crippen molar-refractivity contribution >= 4 is 38.4 Å². The Morgan fingerprint density at radius 3 is 2.74 bits per heavy atom. The van der Waals surface area contributed by atoms with Gasteiger partial charge >= 0.3 is 5.97 Å². The van der Waals surface area contributed by atoms with E-state index in [1.807, 2.05) is 18.2 Å². The molecule has 4 aliphatic heterocycles. The van der Waals surface area contributed by atoms with Gasteiger partial charge in [0.15, 0.2) is 11.0 Å². The molecule has 4 aliphatic rings. The van der Waals surface area contributed by atoms with Crippen molar-refractivity contribution < 1.29 is 36.9 Å². The van der Waals surface area contributed by atoms with Gasteiger partial charge in [-0.3, -0.25) is 4.79 Å². The number of anilines is 1. The van der Waals surface area contributed by atoms with Gasteiger partial charge in [-0.05, 0) is 62.4 Å². The molecule has 0 bridgehead atoms. The minimum atomic E-state index is -4.34. The van der Waals surface area contributed by atoms with E-state index >= 15 is 0 Å². The summed E-state index contributed by atoms with van der Waals surface area (Å²) in [6.07, 6.45) is 7.68. The van der Waals surface area contributed by atoms with Crippen LogP contribution in [0.15, 0.2) is 59.8 Å². The van der Waals surface area contributed by atoms with Crippen LogP contribution in [-0.4, -0.2) is 60.2 Å². The zero-order valence-corrected chi connectivity index (χ0v) is 27.2. The fourth-order valence-corrected chi connectivity index (χ4v) is 8.78. The molecule has 1 N–H and O–H groups in total. The first kappa shape index (κ1) is 31.0. The van der Waals surface area contributed by atoms with Gasteiger partial charge in [-0.25, -0.2) is 17.6 Å². The van der Waals surface area contributed by atoms with Gasteiger partial charge in [0, 0.05) is 53.6 Å². The van der Waals surface area contributed by atoms with Gasteiger partial charge in [-0.2, -0.15) is 0 Å². The largest absolute Gasteiger partial charge is 0.748 e. The zero-order chi connectivity index (χ0) is 32.2. The monoisotopic (exact) mass is 647 g/mol. The standard InChI is InChI=1S/C35H41N3O7S/c1-35(16-7-3-4-11-32(39)40)26-9-5-6-10-27(26)36-18-14-30-24(33(35)36)22-25-31(45-30)15-19-38-28-13-12-23(44-2)21-29(28)37(34(25)38)17-8-20-46(41,42)43/h5-6,9-10,12-13,21-22,30-31H,3-4,7-8,11,14-20H2,1-2H3,(H-,39,40,41,42,43). The van der Waals surface area contributed by atoms with Crippen molar-refractivity contribution in [2.45, 2.75) is 89.0 Å². The Kier molecular flexibility index (Phi) is 7.97. The number of carbonyl (C=O) groups is 1. The molecule has 0 spiro atoms. The third-order valence-corrected chi connectivity index (χ3v) is 11.1. The lowest BCUT2D eigenvalue weighted by atomic mass is 9.73. The molecule has 5 heterocycles. The van der Waals surface area contributed by atoms with E-state index in [0.717, 1.165) is 67.6 Å². The number of imidazole rings is 1. The molecule has 11 heteroatoms. The molecule has 46 heavy (non-hydrogen) atoms. The first-order valence-electron chi connectivity index (χ1n) is 16.3. The average Bonchev–Trinajstić information content (AvgIpc) is 3.48. The Bertz CT molecular complexity index is 1880. The third-order valence-electron chi connectivity index (χ3n) is 10.3. The second-order valence-corrected chi connectivity index (χ2v) is 14.7. The summed E-state index contributed by atoms with van der Waals surface area (Å²) < 4.78 is 51.6. The van der Waals surface area contributed by atoms with Crippen LogP contribution in [0, 0.1) is 0 Å². The van der Waals surface area contributed by atoms with Crippen LogP contribution in [0.4, 0.5) is 5.69 Å². The number of carboxylic acids is 1. The van der Waals surface area contributed by atoms with E-state index in [1.54, 1.807) is 7.11 Å². The highest BCUT2D eigenvalue weighted by Gasteiger charge is 2.50. The number of aromatic nitrogens is 2. The Morgan fingerprint density at radius 2 is 1.96 bits per heavy atom. The van der Waals surface area contributed by atoms with Crippen molar-refractivity contribution in [3.8, 4) is 5.75 Å². The minimum Gasteiger partial charge on any atom is -0.748 e. The number of methoxy groups -OCH3 is 1. The molecule has 0 amide bonds. The molecule has 10 nitrogen and oxygen atoms in total. The summed E-state index contributed by atoms with van der Waals surface area (Å²) in [6.45, 7) is 4.33. The fourth-order valence-electron chi connectivity index (χ4n) is 8.29. The molecule has 7 rings (SSSR count). The van der Waals surface area contributed by atoms with Crippen LogP contribution in [0.25, 0.3) is 16.6 Å². The first-order valence-corrected chi connectivity index (χ1v) is 17.9. The molecule has 0 saturated carbocycles. The van der Waals surface area contributed by atoms with Gasteiger partial charge in [0.25, 0.3) is 5.82 Å². The van der Waals surface area contributed by atoms with Gasteiger partial charge in [-0.1, -0.05) is 31.0 Å². The summed E-state index contributed by atoms with van der Waals surface area (Å²) in [4.78, 5) is 13.6. The molecule has 244 valence electrons. The summed E-state index contributed by atoms with van der Waals surface area (Å²) in [5.41, 5.74) is 7.78. The maximum Gasteiger partial charge on any atom is 0.303 e. The second kappa shape index (κ2) is 11.8. The van der Waals surface area contributed by atoms with E-state index in [1.165, 1.54) is 22.5 Å². The quantitative estimate of drug-likeness (QED) is 0.177. The Labute approximate surface area is 269 Å². The summed E-state index contributed by atoms with van der Waals surface area (Å²) in [7, 11) is -2.72. The van der Waals surface area contributed by atoms with Crippen LogP contribution in [0.2, 0.25) is 0 Å². The van der Waals surface area contributed by atoms with Crippen molar-refractivity contribution in [2.75, 3.05) is 24.3 Å². The highest BCUT2D eigenvalue weighted by atomic mass is 32.2. The van der Waals surface area contributed by atoms with Crippen LogP contribution >= 0.6 is 0 Å². The number of rotatable bonds is 11. The number of hydrogen-bond acceptors (Lipinski definition) is 7. The molecule has 0 fully saturated rings. The smallest absolute Gasteiger partial charge is 0.303 e. The molecular weight excluding hydrogens is 606 g/mol. The number of allylic oxidation sites excluding steroid dienone is 1. The topological polar surface area (TPSA) is 125 Å². The molecule has 3 atom stereocenters. The maximum absolute atomic E-state index is 11.5. The number of carboxylic acid groups (broad SMARTS) is 1. The van der Waals surface area contributed by atoms with Crippen molar-refractivity contribution in [3.63, 3.8) is 0 Å². The Morgan fingerprint density at radius 1 is 1.13 bits per heavy atom. The fraction of sp³-hybridized carbons (Fsp3) is 0.486. The van der Waals surface area contributed by atoms with E-state index < -0.39 is 21.8 Å². The predicted octanol–water partition coefficient (Wildman–Crippen LogP) is 4.90. The van der Waals surface area contributed by atoms with E-state index in [0.29, 0.717) is 18.7 Å². The SMILES string of the molecule is COc1ccc2c(c1)n(CCCS(=O)(=O)[O-])c1[n+]2CCC2OC3CCN4C(=C3C=C12)C(C)(CCCCCC(=O)O)c1ccccc14. The molecule has 1 aromatic heterocycles. The number of benzene rings is 2. The summed E-state index contributed by atoms with van der Waals surface area (Å²) in [5, 5.41) is 9.14. The summed E-state index contributed by atoms with van der Waals surface area (Å²) in [6, 6.07) is 14.6. The van der Waals surface area contributed by atoms with Crippen molar-refractivity contribution in [2.24, 2.45) is 0 Å². The molecule has 3 aromatic rings. The van der Waals surface area contributed by atoms with E-state index in [2.05, 4.69) is 51.3 Å². The molecule has 0 radical (unpaired) electrons. The second-order valence-electron chi connectivity index (χ2n) is 13.1. The minimum absolute atomic E-state index is 0.0317. The number of aliphatic carboxylic acids is 1. The number of nitrogens with zero attached hydrogens (tertiary/aromatic N) is 3. The van der Waals surface area contributed by atoms with Crippen molar-refractivity contribution in [1.29, 1.82) is 0 Å². The van der Waals surface area contributed by atoms with Gasteiger partial charge < -0.3 is 24.0 Å². The number of para-hydroxylation sites is 1. The number of fused-ring (bicyclic) bond motifs is 9. The average molecular weight is 648 g/mol. The molecule has 0 aliphatic carbocycles. The van der Waals surface area contributed by atoms with Crippen LogP contribution in [0.3, 0.4) is 0 Å². The molecule has 2 aromatic carbocycles. The lowest BCUT2D eigenvalue weighted by Gasteiger charge is -2.42. The van der Waals surface area contributed by atoms with E-state index in [-0.39, 0.29) is 30.5 Å². The van der Waals surface area contributed by atoms with Crippen molar-refractivity contribution in [1.82, 2.24) is 4.57 Å². The van der Waals surface area contributed by atoms with Gasteiger partial charge in [0.1, 0.15) is 5.75 Å².